The average Bonchev–Trinajstić information content (AvgIpc) is 2.43. The zero-order valence-electron chi connectivity index (χ0n) is 11.1. The second-order valence-electron chi connectivity index (χ2n) is 4.68. The molecular weight excluding hydrogens is 260 g/mol. The number of benzene rings is 1. The van der Waals surface area contributed by atoms with Crippen molar-refractivity contribution in [1.29, 1.82) is 0 Å². The second kappa shape index (κ2) is 6.10. The van der Waals surface area contributed by atoms with Gasteiger partial charge in [-0.2, -0.15) is 11.8 Å². The van der Waals surface area contributed by atoms with Gasteiger partial charge in [-0.05, 0) is 11.8 Å². The third-order valence-corrected chi connectivity index (χ3v) is 4.16. The number of thioether (sulfide) groups is 1. The van der Waals surface area contributed by atoms with Crippen molar-refractivity contribution >= 4 is 23.6 Å². The van der Waals surface area contributed by atoms with Gasteiger partial charge in [0, 0.05) is 11.8 Å². The molecule has 0 saturated carbocycles. The third kappa shape index (κ3) is 3.29. The molecule has 1 aliphatic heterocycles. The van der Waals surface area contributed by atoms with Gasteiger partial charge in [0.1, 0.15) is 6.04 Å². The van der Waals surface area contributed by atoms with Gasteiger partial charge >= 0.3 is 0 Å². The molecule has 0 spiro atoms. The van der Waals surface area contributed by atoms with Crippen molar-refractivity contribution in [3.05, 3.63) is 35.9 Å². The second-order valence-corrected chi connectivity index (χ2v) is 5.95. The number of nitrogens with zero attached hydrogens (tertiary/aromatic N) is 1. The van der Waals surface area contributed by atoms with Gasteiger partial charge in [-0.3, -0.25) is 9.59 Å². The molecule has 0 bridgehead atoms. The molecule has 1 N–H and O–H groups in total. The Morgan fingerprint density at radius 3 is 2.68 bits per heavy atom. The maximum atomic E-state index is 12.4. The molecule has 0 aliphatic carbocycles. The van der Waals surface area contributed by atoms with Crippen LogP contribution in [0.4, 0.5) is 0 Å². The van der Waals surface area contributed by atoms with Crippen LogP contribution in [0.15, 0.2) is 30.3 Å². The summed E-state index contributed by atoms with van der Waals surface area (Å²) < 4.78 is 0. The zero-order valence-corrected chi connectivity index (χ0v) is 11.9. The van der Waals surface area contributed by atoms with E-state index in [1.807, 2.05) is 36.6 Å². The molecule has 19 heavy (non-hydrogen) atoms. The van der Waals surface area contributed by atoms with E-state index in [0.29, 0.717) is 11.8 Å². The molecule has 2 unspecified atom stereocenters. The predicted octanol–water partition coefficient (Wildman–Crippen LogP) is 1.44. The molecule has 2 atom stereocenters. The SMILES string of the molecule is CSC(C)CN1CC(=O)NC(c2ccccc2)C1=O. The fourth-order valence-electron chi connectivity index (χ4n) is 2.11. The summed E-state index contributed by atoms with van der Waals surface area (Å²) in [5, 5.41) is 3.09. The molecule has 1 aromatic carbocycles. The van der Waals surface area contributed by atoms with E-state index in [0.717, 1.165) is 5.56 Å². The Morgan fingerprint density at radius 2 is 2.05 bits per heavy atom. The number of piperazine rings is 1. The summed E-state index contributed by atoms with van der Waals surface area (Å²) in [4.78, 5) is 25.8. The van der Waals surface area contributed by atoms with Crippen molar-refractivity contribution in [2.45, 2.75) is 18.2 Å². The first kappa shape index (κ1) is 13.9. The van der Waals surface area contributed by atoms with Gasteiger partial charge in [-0.25, -0.2) is 0 Å². The molecule has 1 fully saturated rings. The smallest absolute Gasteiger partial charge is 0.250 e. The third-order valence-electron chi connectivity index (χ3n) is 3.21. The Hall–Kier alpha value is -1.49. The molecule has 4 nitrogen and oxygen atoms in total. The molecule has 5 heteroatoms. The van der Waals surface area contributed by atoms with E-state index in [-0.39, 0.29) is 18.4 Å². The van der Waals surface area contributed by atoms with Crippen LogP contribution in [-0.4, -0.2) is 41.3 Å². The maximum absolute atomic E-state index is 12.4. The van der Waals surface area contributed by atoms with Gasteiger partial charge in [-0.1, -0.05) is 37.3 Å². The minimum Gasteiger partial charge on any atom is -0.339 e. The van der Waals surface area contributed by atoms with Crippen molar-refractivity contribution in [1.82, 2.24) is 10.2 Å². The number of hydrogen-bond donors (Lipinski definition) is 1. The highest BCUT2D eigenvalue weighted by atomic mass is 32.2. The van der Waals surface area contributed by atoms with Crippen LogP contribution in [0.3, 0.4) is 0 Å². The molecule has 2 rings (SSSR count). The highest BCUT2D eigenvalue weighted by Crippen LogP contribution is 2.20. The summed E-state index contributed by atoms with van der Waals surface area (Å²) >= 11 is 1.69. The molecule has 1 aromatic rings. The van der Waals surface area contributed by atoms with Gasteiger partial charge in [0.15, 0.2) is 0 Å². The molecular formula is C14H18N2O2S. The minimum atomic E-state index is -0.545. The number of rotatable bonds is 4. The summed E-state index contributed by atoms with van der Waals surface area (Å²) in [6, 6.07) is 8.83. The zero-order chi connectivity index (χ0) is 13.8. The summed E-state index contributed by atoms with van der Waals surface area (Å²) in [5.41, 5.74) is 0.836. The van der Waals surface area contributed by atoms with Crippen LogP contribution in [-0.2, 0) is 9.59 Å². The standard InChI is InChI=1S/C14H18N2O2S/c1-10(19-2)8-16-9-12(17)15-13(14(16)18)11-6-4-3-5-7-11/h3-7,10,13H,8-9H2,1-2H3,(H,15,17). The van der Waals surface area contributed by atoms with Crippen molar-refractivity contribution in [2.75, 3.05) is 19.3 Å². The average molecular weight is 278 g/mol. The summed E-state index contributed by atoms with van der Waals surface area (Å²) in [6.45, 7) is 2.83. The lowest BCUT2D eigenvalue weighted by Gasteiger charge is -2.34. The van der Waals surface area contributed by atoms with Crippen LogP contribution >= 0.6 is 11.8 Å². The lowest BCUT2D eigenvalue weighted by molar-refractivity contribution is -0.144. The first-order valence-electron chi connectivity index (χ1n) is 6.27. The van der Waals surface area contributed by atoms with Crippen molar-refractivity contribution in [3.8, 4) is 0 Å². The first-order valence-corrected chi connectivity index (χ1v) is 7.56. The van der Waals surface area contributed by atoms with Crippen molar-refractivity contribution in [3.63, 3.8) is 0 Å². The van der Waals surface area contributed by atoms with Crippen LogP contribution in [0.5, 0.6) is 0 Å². The van der Waals surface area contributed by atoms with Crippen LogP contribution in [0.2, 0.25) is 0 Å². The van der Waals surface area contributed by atoms with Crippen LogP contribution in [0.25, 0.3) is 0 Å². The van der Waals surface area contributed by atoms with E-state index in [2.05, 4.69) is 12.2 Å². The van der Waals surface area contributed by atoms with Crippen LogP contribution in [0.1, 0.15) is 18.5 Å². The Balaban J connectivity index is 2.17. The van der Waals surface area contributed by atoms with E-state index in [4.69, 9.17) is 0 Å². The first-order chi connectivity index (χ1) is 9.11. The van der Waals surface area contributed by atoms with Gasteiger partial charge in [0.05, 0.1) is 6.54 Å². The molecule has 2 amide bonds. The Labute approximate surface area is 117 Å². The lowest BCUT2D eigenvalue weighted by Crippen LogP contribution is -2.54. The molecule has 0 radical (unpaired) electrons. The van der Waals surface area contributed by atoms with Crippen LogP contribution < -0.4 is 5.32 Å². The fourth-order valence-corrected chi connectivity index (χ4v) is 2.44. The summed E-state index contributed by atoms with van der Waals surface area (Å²) in [5.74, 6) is -0.117. The van der Waals surface area contributed by atoms with Crippen molar-refractivity contribution in [2.24, 2.45) is 0 Å². The van der Waals surface area contributed by atoms with Crippen LogP contribution in [0, 0.1) is 0 Å². The fraction of sp³-hybridized carbons (Fsp3) is 0.429. The highest BCUT2D eigenvalue weighted by molar-refractivity contribution is 7.99. The molecule has 1 heterocycles. The Bertz CT molecular complexity index is 464. The van der Waals surface area contributed by atoms with Gasteiger partial charge in [-0.15, -0.1) is 0 Å². The normalized spacial score (nSPS) is 21.2. The van der Waals surface area contributed by atoms with E-state index in [9.17, 15) is 9.59 Å². The monoisotopic (exact) mass is 278 g/mol. The van der Waals surface area contributed by atoms with Gasteiger partial charge in [0.25, 0.3) is 0 Å². The maximum Gasteiger partial charge on any atom is 0.250 e. The van der Waals surface area contributed by atoms with E-state index < -0.39 is 6.04 Å². The quantitative estimate of drug-likeness (QED) is 0.906. The lowest BCUT2D eigenvalue weighted by atomic mass is 10.0. The number of hydrogen-bond acceptors (Lipinski definition) is 3. The van der Waals surface area contributed by atoms with Gasteiger partial charge in [0.2, 0.25) is 11.8 Å². The van der Waals surface area contributed by atoms with E-state index in [1.54, 1.807) is 16.7 Å². The summed E-state index contributed by atoms with van der Waals surface area (Å²) in [6.07, 6.45) is 2.01. The largest absolute Gasteiger partial charge is 0.339 e. The topological polar surface area (TPSA) is 49.4 Å². The number of nitrogens with one attached hydrogen (secondary N) is 1. The van der Waals surface area contributed by atoms with E-state index >= 15 is 0 Å². The predicted molar refractivity (Wildman–Crippen MR) is 76.9 cm³/mol. The Morgan fingerprint density at radius 1 is 1.37 bits per heavy atom. The minimum absolute atomic E-state index is 0.0216. The number of carbonyl (C=O) groups is 2. The number of amides is 2. The molecule has 1 aliphatic rings. The number of carbonyl (C=O) groups excluding carboxylic acids is 2. The van der Waals surface area contributed by atoms with E-state index in [1.165, 1.54) is 0 Å². The molecule has 102 valence electrons. The molecule has 1 saturated heterocycles. The summed E-state index contributed by atoms with van der Waals surface area (Å²) in [7, 11) is 0. The highest BCUT2D eigenvalue weighted by Gasteiger charge is 2.33. The van der Waals surface area contributed by atoms with Gasteiger partial charge < -0.3 is 10.2 Å². The Kier molecular flexibility index (Phi) is 4.47. The van der Waals surface area contributed by atoms with Crippen molar-refractivity contribution < 1.29 is 9.59 Å². The molecule has 0 aromatic heterocycles.